The third-order valence-electron chi connectivity index (χ3n) is 2.93. The van der Waals surface area contributed by atoms with E-state index in [4.69, 9.17) is 4.55 Å². The van der Waals surface area contributed by atoms with Crippen LogP contribution in [0.1, 0.15) is 73.1 Å². The monoisotopic (exact) mass is 274 g/mol. The van der Waals surface area contributed by atoms with Crippen molar-refractivity contribution in [1.82, 2.24) is 0 Å². The second-order valence-corrected chi connectivity index (χ2v) is 6.18. The van der Waals surface area contributed by atoms with Crippen molar-refractivity contribution in [2.75, 3.05) is 0 Å². The van der Waals surface area contributed by atoms with Gasteiger partial charge in [0.15, 0.2) is 0 Å². The molecule has 3 nitrogen and oxygen atoms in total. The summed E-state index contributed by atoms with van der Waals surface area (Å²) >= 11 is 0. The van der Waals surface area contributed by atoms with Gasteiger partial charge in [0.05, 0.1) is 5.25 Å². The Morgan fingerprint density at radius 1 is 0.941 bits per heavy atom. The summed E-state index contributed by atoms with van der Waals surface area (Å²) in [5, 5.41) is -0.532. The molecule has 0 aromatic carbocycles. The van der Waals surface area contributed by atoms with Crippen LogP contribution in [-0.2, 0) is 10.1 Å². The van der Waals surface area contributed by atoms with E-state index in [0.29, 0.717) is 12.8 Å². The summed E-state index contributed by atoms with van der Waals surface area (Å²) in [5.74, 6) is 0. The fourth-order valence-electron chi connectivity index (χ4n) is 1.86. The fourth-order valence-corrected chi connectivity index (χ4v) is 2.79. The van der Waals surface area contributed by atoms with Crippen molar-refractivity contribution in [2.24, 2.45) is 0 Å². The molecule has 5 heteroatoms. The first-order valence-electron chi connectivity index (χ1n) is 6.48. The van der Waals surface area contributed by atoms with E-state index in [-0.39, 0.29) is 31.0 Å². The normalized spacial score (nSPS) is 13.1. The second-order valence-electron chi connectivity index (χ2n) is 4.48. The molecule has 0 aliphatic heterocycles. The quantitative estimate of drug-likeness (QED) is 0.366. The molecule has 0 rings (SSSR count). The van der Waals surface area contributed by atoms with E-state index in [1.807, 2.05) is 0 Å². The average molecular weight is 274 g/mol. The first-order valence-corrected chi connectivity index (χ1v) is 7.99. The summed E-state index contributed by atoms with van der Waals surface area (Å²) in [5.41, 5.74) is 0. The van der Waals surface area contributed by atoms with Gasteiger partial charge in [-0.3, -0.25) is 4.55 Å². The van der Waals surface area contributed by atoms with Crippen molar-refractivity contribution in [1.29, 1.82) is 0 Å². The molecule has 0 amide bonds. The van der Waals surface area contributed by atoms with Crippen molar-refractivity contribution in [3.05, 3.63) is 0 Å². The summed E-state index contributed by atoms with van der Waals surface area (Å²) in [7, 11) is -3.83. The summed E-state index contributed by atoms with van der Waals surface area (Å²) in [6.45, 7) is 4.21. The van der Waals surface area contributed by atoms with E-state index >= 15 is 0 Å². The van der Waals surface area contributed by atoms with Gasteiger partial charge in [-0.15, -0.1) is 0 Å². The Bertz CT molecular complexity index is 258. The second kappa shape index (κ2) is 12.0. The van der Waals surface area contributed by atoms with Crippen molar-refractivity contribution >= 4 is 10.1 Å². The van der Waals surface area contributed by atoms with Gasteiger partial charge in [-0.2, -0.15) is 8.42 Å². The molecule has 0 bridgehead atoms. The van der Waals surface area contributed by atoms with Crippen LogP contribution in [0.2, 0.25) is 0 Å². The third kappa shape index (κ3) is 11.7. The smallest absolute Gasteiger partial charge is 1.00 e. The van der Waals surface area contributed by atoms with E-state index in [2.05, 4.69) is 13.8 Å². The molecule has 17 heavy (non-hydrogen) atoms. The number of hydrogen-bond donors (Lipinski definition) is 1. The van der Waals surface area contributed by atoms with Crippen LogP contribution in [0.25, 0.3) is 0 Å². The van der Waals surface area contributed by atoms with Crippen molar-refractivity contribution in [3.63, 3.8) is 0 Å². The van der Waals surface area contributed by atoms with Crippen molar-refractivity contribution in [3.8, 4) is 0 Å². The number of unbranched alkanes of at least 4 members (excludes halogenated alkanes) is 5. The Morgan fingerprint density at radius 2 is 1.35 bits per heavy atom. The molecule has 0 saturated heterocycles. The summed E-state index contributed by atoms with van der Waals surface area (Å²) in [4.78, 5) is 0. The van der Waals surface area contributed by atoms with Gasteiger partial charge in [0.1, 0.15) is 0 Å². The molecule has 0 saturated carbocycles. The van der Waals surface area contributed by atoms with Gasteiger partial charge in [0, 0.05) is 0 Å². The molecule has 0 aromatic heterocycles. The minimum absolute atomic E-state index is 0. The minimum atomic E-state index is -3.83. The number of rotatable bonds is 10. The molecule has 0 aliphatic rings. The van der Waals surface area contributed by atoms with Gasteiger partial charge in [0.25, 0.3) is 10.1 Å². The molecular weight excluding hydrogens is 247 g/mol. The van der Waals surface area contributed by atoms with Crippen LogP contribution in [0.15, 0.2) is 0 Å². The molecule has 0 heterocycles. The minimum Gasteiger partial charge on any atom is -1.00 e. The summed E-state index contributed by atoms with van der Waals surface area (Å²) in [6, 6.07) is 0. The van der Waals surface area contributed by atoms with Crippen LogP contribution >= 0.6 is 0 Å². The number of hydrogen-bond acceptors (Lipinski definition) is 2. The van der Waals surface area contributed by atoms with Crippen LogP contribution in [0, 0.1) is 0 Å². The van der Waals surface area contributed by atoms with Gasteiger partial charge < -0.3 is 1.43 Å². The average Bonchev–Trinajstić information content (AvgIpc) is 2.20. The zero-order valence-electron chi connectivity index (χ0n) is 12.6. The van der Waals surface area contributed by atoms with Crippen LogP contribution in [-0.4, -0.2) is 18.2 Å². The maximum Gasteiger partial charge on any atom is 1.00 e. The maximum atomic E-state index is 11.1. The molecule has 0 aromatic rings. The van der Waals surface area contributed by atoms with E-state index in [1.165, 1.54) is 0 Å². The van der Waals surface area contributed by atoms with Gasteiger partial charge >= 0.3 is 29.6 Å². The van der Waals surface area contributed by atoms with Crippen molar-refractivity contribution < 1.29 is 44.0 Å². The van der Waals surface area contributed by atoms with E-state index < -0.39 is 15.4 Å². The van der Waals surface area contributed by atoms with Gasteiger partial charge in [0.2, 0.25) is 0 Å². The standard InChI is InChI=1S/C12H26O3S.Na.H/c1-3-5-7-9-11-12(16(13,14)15)10-8-6-4-2;;/h12H,3-11H2,1-2H3,(H,13,14,15);;/q;+1;-1. The fraction of sp³-hybridized carbons (Fsp3) is 1.00. The van der Waals surface area contributed by atoms with Gasteiger partial charge in [-0.25, -0.2) is 0 Å². The Morgan fingerprint density at radius 3 is 1.76 bits per heavy atom. The zero-order chi connectivity index (χ0) is 12.4. The van der Waals surface area contributed by atoms with Crippen LogP contribution < -0.4 is 29.6 Å². The summed E-state index contributed by atoms with van der Waals surface area (Å²) < 4.78 is 31.4. The molecule has 0 fully saturated rings. The molecule has 0 spiro atoms. The van der Waals surface area contributed by atoms with Gasteiger partial charge in [-0.05, 0) is 12.8 Å². The first kappa shape index (κ1) is 20.2. The van der Waals surface area contributed by atoms with E-state index in [0.717, 1.165) is 44.9 Å². The SMILES string of the molecule is CCCCCCC(CCCCC)S(=O)(=O)O.[H-].[Na+]. The molecule has 100 valence electrons. The summed E-state index contributed by atoms with van der Waals surface area (Å²) in [6.07, 6.45) is 8.51. The molecular formula is C12H27NaO3S. The van der Waals surface area contributed by atoms with Crippen LogP contribution in [0.4, 0.5) is 0 Å². The Hall–Kier alpha value is 0.910. The van der Waals surface area contributed by atoms with E-state index in [1.54, 1.807) is 0 Å². The first-order chi connectivity index (χ1) is 7.52. The predicted molar refractivity (Wildman–Crippen MR) is 69.3 cm³/mol. The topological polar surface area (TPSA) is 54.4 Å². The van der Waals surface area contributed by atoms with E-state index in [9.17, 15) is 8.42 Å². The molecule has 1 atom stereocenters. The third-order valence-corrected chi connectivity index (χ3v) is 4.24. The Labute approximate surface area is 130 Å². The Kier molecular flexibility index (Phi) is 14.2. The molecule has 0 aliphatic carbocycles. The van der Waals surface area contributed by atoms with Crippen LogP contribution in [0.3, 0.4) is 0 Å². The molecule has 1 unspecified atom stereocenters. The molecule has 0 radical (unpaired) electrons. The Balaban J connectivity index is -0.00000112. The maximum absolute atomic E-state index is 11.1. The molecule has 1 N–H and O–H groups in total. The van der Waals surface area contributed by atoms with Crippen LogP contribution in [0.5, 0.6) is 0 Å². The zero-order valence-corrected chi connectivity index (χ0v) is 14.4. The van der Waals surface area contributed by atoms with Crippen molar-refractivity contribution in [2.45, 2.75) is 76.9 Å². The van der Waals surface area contributed by atoms with Gasteiger partial charge in [-0.1, -0.05) is 58.8 Å². The predicted octanol–water partition coefficient (Wildman–Crippen LogP) is 0.910. The largest absolute Gasteiger partial charge is 1.00 e.